The third kappa shape index (κ3) is 4.59. The van der Waals surface area contributed by atoms with Crippen LogP contribution in [0, 0.1) is 0 Å². The van der Waals surface area contributed by atoms with E-state index in [1.165, 1.54) is 62.4 Å². The van der Waals surface area contributed by atoms with Crippen LogP contribution in [0.1, 0.15) is 83.0 Å². The van der Waals surface area contributed by atoms with E-state index in [0.717, 1.165) is 11.3 Å². The van der Waals surface area contributed by atoms with Crippen molar-refractivity contribution in [1.82, 2.24) is 9.97 Å². The number of aromatic amines is 1. The maximum absolute atomic E-state index is 4.76. The van der Waals surface area contributed by atoms with E-state index in [4.69, 9.17) is 4.98 Å². The molecule has 2 nitrogen and oxygen atoms in total. The molecule has 0 aliphatic heterocycles. The van der Waals surface area contributed by atoms with Crippen LogP contribution in [0.25, 0.3) is 11.0 Å². The van der Waals surface area contributed by atoms with Crippen molar-refractivity contribution in [2.45, 2.75) is 78.1 Å². The largest absolute Gasteiger partial charge is 0.342 e. The van der Waals surface area contributed by atoms with Crippen molar-refractivity contribution in [1.29, 1.82) is 0 Å². The Labute approximate surface area is 129 Å². The molecule has 0 radical (unpaired) electrons. The Kier molecular flexibility index (Phi) is 6.28. The Morgan fingerprint density at radius 1 is 1.05 bits per heavy atom. The molecule has 1 heterocycles. The molecule has 0 aliphatic rings. The Bertz CT molecular complexity index is 541. The van der Waals surface area contributed by atoms with Gasteiger partial charge in [-0.05, 0) is 37.0 Å². The summed E-state index contributed by atoms with van der Waals surface area (Å²) in [6, 6.07) is 6.72. The molecule has 1 aromatic carbocycles. The van der Waals surface area contributed by atoms with Gasteiger partial charge in [-0.1, -0.05) is 58.9 Å². The van der Waals surface area contributed by atoms with Crippen molar-refractivity contribution >= 4 is 11.0 Å². The van der Waals surface area contributed by atoms with Crippen molar-refractivity contribution in [2.24, 2.45) is 0 Å². The van der Waals surface area contributed by atoms with Crippen LogP contribution in [0.15, 0.2) is 18.2 Å². The SMILES string of the molecule is CCCCCCc1ccc2nc(C(C)CCCC)[nH]c2c1. The van der Waals surface area contributed by atoms with Crippen LogP contribution in [0.2, 0.25) is 0 Å². The van der Waals surface area contributed by atoms with E-state index >= 15 is 0 Å². The zero-order chi connectivity index (χ0) is 15.1. The minimum Gasteiger partial charge on any atom is -0.342 e. The molecule has 0 saturated heterocycles. The number of fused-ring (bicyclic) bond motifs is 1. The number of hydrogen-bond donors (Lipinski definition) is 1. The van der Waals surface area contributed by atoms with Gasteiger partial charge in [0.25, 0.3) is 0 Å². The first kappa shape index (κ1) is 16.1. The highest BCUT2D eigenvalue weighted by Gasteiger charge is 2.10. The number of rotatable bonds is 9. The standard InChI is InChI=1S/C19H30N2/c1-4-6-8-9-11-16-12-13-17-18(14-16)21-19(20-17)15(3)10-7-5-2/h12-15H,4-11H2,1-3H3,(H,20,21). The van der Waals surface area contributed by atoms with Gasteiger partial charge in [0.15, 0.2) is 0 Å². The van der Waals surface area contributed by atoms with Gasteiger partial charge in [0.2, 0.25) is 0 Å². The summed E-state index contributed by atoms with van der Waals surface area (Å²) in [7, 11) is 0. The second kappa shape index (κ2) is 8.21. The van der Waals surface area contributed by atoms with Crippen LogP contribution in [0.3, 0.4) is 0 Å². The van der Waals surface area contributed by atoms with E-state index < -0.39 is 0 Å². The molecule has 0 aliphatic carbocycles. The monoisotopic (exact) mass is 286 g/mol. The van der Waals surface area contributed by atoms with Crippen molar-refractivity contribution in [3.63, 3.8) is 0 Å². The third-order valence-corrected chi connectivity index (χ3v) is 4.34. The van der Waals surface area contributed by atoms with Gasteiger partial charge in [0, 0.05) is 5.92 Å². The number of H-pyrrole nitrogens is 1. The van der Waals surface area contributed by atoms with Gasteiger partial charge >= 0.3 is 0 Å². The average molecular weight is 286 g/mol. The number of aryl methyl sites for hydroxylation is 1. The molecule has 0 bridgehead atoms. The van der Waals surface area contributed by atoms with Gasteiger partial charge in [-0.25, -0.2) is 4.98 Å². The topological polar surface area (TPSA) is 28.7 Å². The first-order valence-electron chi connectivity index (χ1n) is 8.73. The summed E-state index contributed by atoms with van der Waals surface area (Å²) in [5, 5.41) is 0. The molecule has 1 atom stereocenters. The number of aromatic nitrogens is 2. The lowest BCUT2D eigenvalue weighted by atomic mass is 10.0. The lowest BCUT2D eigenvalue weighted by Crippen LogP contribution is -1.95. The predicted octanol–water partition coefficient (Wildman–Crippen LogP) is 5.98. The highest BCUT2D eigenvalue weighted by atomic mass is 14.9. The van der Waals surface area contributed by atoms with Crippen molar-refractivity contribution in [3.8, 4) is 0 Å². The highest BCUT2D eigenvalue weighted by molar-refractivity contribution is 5.76. The fourth-order valence-electron chi connectivity index (χ4n) is 2.87. The minimum atomic E-state index is 0.533. The summed E-state index contributed by atoms with van der Waals surface area (Å²) >= 11 is 0. The van der Waals surface area contributed by atoms with Gasteiger partial charge in [-0.15, -0.1) is 0 Å². The molecule has 116 valence electrons. The van der Waals surface area contributed by atoms with E-state index in [0.29, 0.717) is 5.92 Å². The molecule has 0 saturated carbocycles. The quantitative estimate of drug-likeness (QED) is 0.564. The summed E-state index contributed by atoms with van der Waals surface area (Å²) in [5.41, 5.74) is 3.77. The summed E-state index contributed by atoms with van der Waals surface area (Å²) in [6.07, 6.45) is 10.2. The molecule has 1 N–H and O–H groups in total. The predicted molar refractivity (Wildman–Crippen MR) is 91.9 cm³/mol. The third-order valence-electron chi connectivity index (χ3n) is 4.34. The highest BCUT2D eigenvalue weighted by Crippen LogP contribution is 2.23. The van der Waals surface area contributed by atoms with Crippen LogP contribution in [-0.2, 0) is 6.42 Å². The van der Waals surface area contributed by atoms with E-state index in [1.54, 1.807) is 0 Å². The van der Waals surface area contributed by atoms with Crippen LogP contribution < -0.4 is 0 Å². The summed E-state index contributed by atoms with van der Waals surface area (Å²) in [4.78, 5) is 8.30. The molecular formula is C19H30N2. The first-order chi connectivity index (χ1) is 10.2. The zero-order valence-corrected chi connectivity index (χ0v) is 13.9. The fourth-order valence-corrected chi connectivity index (χ4v) is 2.87. The smallest absolute Gasteiger partial charge is 0.110 e. The summed E-state index contributed by atoms with van der Waals surface area (Å²) < 4.78 is 0. The van der Waals surface area contributed by atoms with Crippen molar-refractivity contribution in [3.05, 3.63) is 29.6 Å². The Balaban J connectivity index is 2.02. The molecule has 2 rings (SSSR count). The van der Waals surface area contributed by atoms with Crippen LogP contribution in [-0.4, -0.2) is 9.97 Å². The maximum atomic E-state index is 4.76. The first-order valence-corrected chi connectivity index (χ1v) is 8.73. The number of nitrogens with zero attached hydrogens (tertiary/aromatic N) is 1. The zero-order valence-electron chi connectivity index (χ0n) is 13.9. The Morgan fingerprint density at radius 3 is 2.62 bits per heavy atom. The lowest BCUT2D eigenvalue weighted by Gasteiger charge is -2.06. The molecule has 2 aromatic rings. The normalized spacial score (nSPS) is 12.9. The fraction of sp³-hybridized carbons (Fsp3) is 0.632. The van der Waals surface area contributed by atoms with Crippen LogP contribution >= 0.6 is 0 Å². The molecule has 1 aromatic heterocycles. The molecule has 0 amide bonds. The van der Waals surface area contributed by atoms with Gasteiger partial charge in [-0.3, -0.25) is 0 Å². The van der Waals surface area contributed by atoms with Crippen LogP contribution in [0.4, 0.5) is 0 Å². The van der Waals surface area contributed by atoms with Crippen molar-refractivity contribution < 1.29 is 0 Å². The number of unbranched alkanes of at least 4 members (excludes halogenated alkanes) is 4. The van der Waals surface area contributed by atoms with E-state index in [2.05, 4.69) is 44.0 Å². The van der Waals surface area contributed by atoms with Gasteiger partial charge in [0.05, 0.1) is 11.0 Å². The van der Waals surface area contributed by atoms with Crippen molar-refractivity contribution in [2.75, 3.05) is 0 Å². The number of benzene rings is 1. The van der Waals surface area contributed by atoms with Gasteiger partial charge in [0.1, 0.15) is 5.82 Å². The summed E-state index contributed by atoms with van der Waals surface area (Å²) in [6.45, 7) is 6.78. The number of hydrogen-bond acceptors (Lipinski definition) is 1. The number of imidazole rings is 1. The molecule has 2 heteroatoms. The minimum absolute atomic E-state index is 0.533. The molecule has 21 heavy (non-hydrogen) atoms. The second-order valence-electron chi connectivity index (χ2n) is 6.33. The van der Waals surface area contributed by atoms with E-state index in [1.807, 2.05) is 0 Å². The maximum Gasteiger partial charge on any atom is 0.110 e. The Morgan fingerprint density at radius 2 is 1.86 bits per heavy atom. The van der Waals surface area contributed by atoms with E-state index in [-0.39, 0.29) is 0 Å². The average Bonchev–Trinajstić information content (AvgIpc) is 2.92. The van der Waals surface area contributed by atoms with Gasteiger partial charge < -0.3 is 4.98 Å². The second-order valence-corrected chi connectivity index (χ2v) is 6.33. The molecule has 0 spiro atoms. The molecular weight excluding hydrogens is 256 g/mol. The molecule has 1 unspecified atom stereocenters. The van der Waals surface area contributed by atoms with Crippen LogP contribution in [0.5, 0.6) is 0 Å². The lowest BCUT2D eigenvalue weighted by molar-refractivity contribution is 0.602. The summed E-state index contributed by atoms with van der Waals surface area (Å²) in [5.74, 6) is 1.69. The number of nitrogens with one attached hydrogen (secondary N) is 1. The van der Waals surface area contributed by atoms with Gasteiger partial charge in [-0.2, -0.15) is 0 Å². The Hall–Kier alpha value is -1.31. The van der Waals surface area contributed by atoms with E-state index in [9.17, 15) is 0 Å². The molecule has 0 fully saturated rings.